The first-order valence-corrected chi connectivity index (χ1v) is 22.6. The van der Waals surface area contributed by atoms with Crippen molar-refractivity contribution < 1.29 is 14.3 Å². The summed E-state index contributed by atoms with van der Waals surface area (Å²) in [6.07, 6.45) is 34.8. The van der Waals surface area contributed by atoms with Crippen LogP contribution in [0.2, 0.25) is 0 Å². The van der Waals surface area contributed by atoms with Crippen LogP contribution in [0.15, 0.2) is 24.3 Å². The van der Waals surface area contributed by atoms with Crippen molar-refractivity contribution in [2.75, 3.05) is 0 Å². The molecule has 6 rings (SSSR count). The van der Waals surface area contributed by atoms with Gasteiger partial charge in [-0.3, -0.25) is 4.79 Å². The van der Waals surface area contributed by atoms with Gasteiger partial charge in [0, 0.05) is 6.42 Å². The molecule has 0 aromatic rings. The Morgan fingerprint density at radius 3 is 2.41 bits per heavy atom. The Balaban J connectivity index is 0.896. The molecule has 51 heavy (non-hydrogen) atoms. The third-order valence-electron chi connectivity index (χ3n) is 17.5. The van der Waals surface area contributed by atoms with E-state index < -0.39 is 0 Å². The number of allylic oxidation sites excluding steroid dienone is 2. The summed E-state index contributed by atoms with van der Waals surface area (Å²) < 4.78 is 12.1. The molecular weight excluding hydrogens is 625 g/mol. The highest BCUT2D eigenvalue weighted by Gasteiger charge is 2.81. The summed E-state index contributed by atoms with van der Waals surface area (Å²) in [5.41, 5.74) is 3.53. The van der Waals surface area contributed by atoms with Crippen LogP contribution in [-0.2, 0) is 14.3 Å². The molecule has 6 aliphatic rings. The number of carbonyl (C=O) groups is 1. The van der Waals surface area contributed by atoms with Crippen molar-refractivity contribution >= 4 is 5.97 Å². The van der Waals surface area contributed by atoms with Crippen LogP contribution in [0.5, 0.6) is 0 Å². The molecule has 2 spiro atoms. The van der Waals surface area contributed by atoms with Gasteiger partial charge in [-0.05, 0) is 160 Å². The van der Waals surface area contributed by atoms with Crippen molar-refractivity contribution in [3.05, 3.63) is 24.3 Å². The fourth-order valence-corrected chi connectivity index (χ4v) is 13.9. The van der Waals surface area contributed by atoms with E-state index in [-0.39, 0.29) is 12.1 Å². The van der Waals surface area contributed by atoms with Crippen LogP contribution in [0.3, 0.4) is 0 Å². The number of hydrogen-bond donors (Lipinski definition) is 0. The molecule has 0 aromatic heterocycles. The minimum Gasteiger partial charge on any atom is -0.462 e. The maximum Gasteiger partial charge on any atom is 0.306 e. The Labute approximate surface area is 315 Å². The fraction of sp³-hybridized carbons (Fsp3) is 0.896. The average molecular weight is 705 g/mol. The van der Waals surface area contributed by atoms with Crippen LogP contribution in [-0.4, -0.2) is 24.3 Å². The van der Waals surface area contributed by atoms with E-state index in [9.17, 15) is 4.79 Å². The van der Waals surface area contributed by atoms with E-state index in [0.29, 0.717) is 52.1 Å². The summed E-state index contributed by atoms with van der Waals surface area (Å²) in [4.78, 5) is 13.1. The van der Waals surface area contributed by atoms with Gasteiger partial charge < -0.3 is 9.47 Å². The van der Waals surface area contributed by atoms with Gasteiger partial charge in [0.05, 0.1) is 12.2 Å². The van der Waals surface area contributed by atoms with Gasteiger partial charge in [0.15, 0.2) is 0 Å². The molecule has 0 radical (unpaired) electrons. The van der Waals surface area contributed by atoms with Gasteiger partial charge in [0.2, 0.25) is 0 Å². The lowest BCUT2D eigenvalue weighted by Crippen LogP contribution is -2.56. The first-order valence-electron chi connectivity index (χ1n) is 22.6. The van der Waals surface area contributed by atoms with Crippen LogP contribution in [0.25, 0.3) is 0 Å². The number of unbranched alkanes of at least 4 members (excludes halogenated alkanes) is 7. The summed E-state index contributed by atoms with van der Waals surface area (Å²) in [7, 11) is 0. The molecular formula is C48H80O3. The molecule has 1 saturated heterocycles. The van der Waals surface area contributed by atoms with E-state index in [1.54, 1.807) is 0 Å². The number of epoxide rings is 1. The zero-order chi connectivity index (χ0) is 36.4. The van der Waals surface area contributed by atoms with Crippen LogP contribution in [0.1, 0.15) is 196 Å². The second kappa shape index (κ2) is 16.3. The van der Waals surface area contributed by atoms with E-state index in [2.05, 4.69) is 67.2 Å². The van der Waals surface area contributed by atoms with Gasteiger partial charge in [-0.1, -0.05) is 111 Å². The number of ether oxygens (including phenoxy) is 2. The van der Waals surface area contributed by atoms with Crippen LogP contribution in [0.4, 0.5) is 0 Å². The molecule has 0 aromatic carbocycles. The second-order valence-corrected chi connectivity index (χ2v) is 20.2. The van der Waals surface area contributed by atoms with E-state index >= 15 is 0 Å². The average Bonchev–Trinajstić information content (AvgIpc) is 3.99. The standard InChI is InChI=1S/C48H80O3/c1-9-10-17-20-41-42(50-41)21-18-15-13-11-12-14-16-19-22-44(49)51-40-28-30-47-33-48(47)32-31-45(7)38(36(5)24-23-35(4)34(2)3)27-29-46(45,8)43(48)26-25-39(47)37(40)6/h15,18,34,36-43H,4,9-14,16-17,19-33H2,1-3,5-8H3. The summed E-state index contributed by atoms with van der Waals surface area (Å²) >= 11 is 0. The van der Waals surface area contributed by atoms with Crippen molar-refractivity contribution in [1.29, 1.82) is 0 Å². The number of carbonyl (C=O) groups excluding carboxylic acids is 1. The van der Waals surface area contributed by atoms with E-state index in [0.717, 1.165) is 49.4 Å². The molecule has 3 heteroatoms. The smallest absolute Gasteiger partial charge is 0.306 e. The molecule has 0 N–H and O–H groups in total. The SMILES string of the molecule is C=C(CCC(C)C1CCC2(C)C3CCC4C(C)C(OC(=O)CCCCCCCC=CCC5OC5CCCCC)CCC45CC35CCC12C)C(C)C. The van der Waals surface area contributed by atoms with Crippen molar-refractivity contribution in [3.63, 3.8) is 0 Å². The lowest BCUT2D eigenvalue weighted by atomic mass is 9.43. The largest absolute Gasteiger partial charge is 0.462 e. The van der Waals surface area contributed by atoms with Gasteiger partial charge >= 0.3 is 5.97 Å². The molecule has 12 unspecified atom stereocenters. The van der Waals surface area contributed by atoms with Gasteiger partial charge in [0.25, 0.3) is 0 Å². The molecule has 1 aliphatic heterocycles. The predicted octanol–water partition coefficient (Wildman–Crippen LogP) is 13.6. The molecule has 1 heterocycles. The number of hydrogen-bond acceptors (Lipinski definition) is 3. The molecule has 0 bridgehead atoms. The van der Waals surface area contributed by atoms with Gasteiger partial charge in [-0.25, -0.2) is 0 Å². The number of rotatable bonds is 20. The Kier molecular flexibility index (Phi) is 12.7. The van der Waals surface area contributed by atoms with Crippen molar-refractivity contribution in [3.8, 4) is 0 Å². The summed E-state index contributed by atoms with van der Waals surface area (Å²) in [6.45, 7) is 21.8. The normalized spacial score (nSPS) is 41.5. The lowest BCUT2D eigenvalue weighted by Gasteiger charge is -2.62. The molecule has 3 nitrogen and oxygen atoms in total. The van der Waals surface area contributed by atoms with E-state index in [4.69, 9.17) is 9.47 Å². The molecule has 290 valence electrons. The van der Waals surface area contributed by atoms with Crippen LogP contribution in [0, 0.1) is 57.2 Å². The molecule has 5 saturated carbocycles. The third kappa shape index (κ3) is 7.74. The van der Waals surface area contributed by atoms with Gasteiger partial charge in [-0.15, -0.1) is 0 Å². The molecule has 6 fully saturated rings. The van der Waals surface area contributed by atoms with Crippen molar-refractivity contribution in [2.24, 2.45) is 57.2 Å². The quantitative estimate of drug-likeness (QED) is 0.0548. The first kappa shape index (κ1) is 39.6. The minimum absolute atomic E-state index is 0.0734. The maximum absolute atomic E-state index is 13.1. The van der Waals surface area contributed by atoms with E-state index in [1.165, 1.54) is 121 Å². The first-order chi connectivity index (χ1) is 24.4. The highest BCUT2D eigenvalue weighted by atomic mass is 16.6. The zero-order valence-corrected chi connectivity index (χ0v) is 34.5. The Morgan fingerprint density at radius 1 is 0.843 bits per heavy atom. The van der Waals surface area contributed by atoms with E-state index in [1.807, 2.05) is 0 Å². The Bertz CT molecular complexity index is 1220. The van der Waals surface area contributed by atoms with Gasteiger partial charge in [-0.2, -0.15) is 0 Å². The molecule has 5 aliphatic carbocycles. The van der Waals surface area contributed by atoms with Gasteiger partial charge in [0.1, 0.15) is 6.10 Å². The van der Waals surface area contributed by atoms with Crippen molar-refractivity contribution in [1.82, 2.24) is 0 Å². The number of fused-ring (bicyclic) bond motifs is 2. The summed E-state index contributed by atoms with van der Waals surface area (Å²) in [6, 6.07) is 0. The number of esters is 1. The second-order valence-electron chi connectivity index (χ2n) is 20.2. The lowest BCUT2D eigenvalue weighted by molar-refractivity contribution is -0.167. The Hall–Kier alpha value is -1.09. The van der Waals surface area contributed by atoms with Crippen molar-refractivity contribution in [2.45, 2.75) is 214 Å². The maximum atomic E-state index is 13.1. The monoisotopic (exact) mass is 705 g/mol. The molecule has 0 amide bonds. The fourth-order valence-electron chi connectivity index (χ4n) is 13.9. The minimum atomic E-state index is 0.0734. The molecule has 12 atom stereocenters. The highest BCUT2D eigenvalue weighted by molar-refractivity contribution is 5.69. The summed E-state index contributed by atoms with van der Waals surface area (Å²) in [5, 5.41) is 0. The van der Waals surface area contributed by atoms with Crippen LogP contribution < -0.4 is 0 Å². The Morgan fingerprint density at radius 2 is 1.63 bits per heavy atom. The summed E-state index contributed by atoms with van der Waals surface area (Å²) in [5.74, 6) is 4.51. The third-order valence-corrected chi connectivity index (χ3v) is 17.5. The highest BCUT2D eigenvalue weighted by Crippen LogP contribution is 2.88. The predicted molar refractivity (Wildman–Crippen MR) is 213 cm³/mol. The topological polar surface area (TPSA) is 38.8 Å². The zero-order valence-electron chi connectivity index (χ0n) is 34.5. The van der Waals surface area contributed by atoms with Crippen LogP contribution >= 0.6 is 0 Å².